The first-order valence-electron chi connectivity index (χ1n) is 17.0. The van der Waals surface area contributed by atoms with Crippen molar-refractivity contribution in [2.24, 2.45) is 0 Å². The maximum absolute atomic E-state index is 6.80. The molecule has 5 heterocycles. The molecule has 12 rings (SSSR count). The second-order valence-electron chi connectivity index (χ2n) is 13.8. The van der Waals surface area contributed by atoms with Crippen LogP contribution in [0, 0.1) is 13.8 Å². The molecule has 0 saturated heterocycles. The van der Waals surface area contributed by atoms with Crippen molar-refractivity contribution in [2.75, 3.05) is 0 Å². The van der Waals surface area contributed by atoms with Crippen molar-refractivity contribution in [3.05, 3.63) is 132 Å². The maximum Gasteiger partial charge on any atom is 0.247 e. The van der Waals surface area contributed by atoms with Gasteiger partial charge in [0.15, 0.2) is 0 Å². The van der Waals surface area contributed by atoms with Crippen molar-refractivity contribution in [3.63, 3.8) is 0 Å². The minimum Gasteiger partial charge on any atom is -0.455 e. The zero-order chi connectivity index (χ0) is 32.8. The van der Waals surface area contributed by atoms with Crippen molar-refractivity contribution in [1.29, 1.82) is 0 Å². The van der Waals surface area contributed by atoms with Gasteiger partial charge in [0.2, 0.25) is 6.71 Å². The van der Waals surface area contributed by atoms with E-state index in [1.165, 1.54) is 52.5 Å². The van der Waals surface area contributed by atoms with E-state index in [0.717, 1.165) is 66.0 Å². The highest BCUT2D eigenvalue weighted by atomic mass is 32.2. The fraction of sp³-hybridized carbons (Fsp3) is 0.0455. The lowest BCUT2D eigenvalue weighted by molar-refractivity contribution is 0.665. The van der Waals surface area contributed by atoms with Crippen molar-refractivity contribution >= 4 is 112 Å². The first-order valence-corrected chi connectivity index (χ1v) is 18.7. The van der Waals surface area contributed by atoms with Crippen molar-refractivity contribution in [2.45, 2.75) is 33.4 Å². The predicted octanol–water partition coefficient (Wildman–Crippen LogP) is 10.6. The number of nitrogens with zero attached hydrogens (tertiary/aromatic N) is 1. The number of benzene rings is 7. The van der Waals surface area contributed by atoms with Gasteiger partial charge in [0.25, 0.3) is 0 Å². The van der Waals surface area contributed by atoms with Gasteiger partial charge in [-0.25, -0.2) is 0 Å². The molecule has 3 nitrogen and oxygen atoms in total. The molecule has 0 radical (unpaired) electrons. The van der Waals surface area contributed by atoms with Crippen LogP contribution in [0.3, 0.4) is 0 Å². The Bertz CT molecular complexity index is 3040. The lowest BCUT2D eigenvalue weighted by atomic mass is 9.36. The highest BCUT2D eigenvalue weighted by molar-refractivity contribution is 8.01. The number of aromatic nitrogens is 1. The molecule has 0 fully saturated rings. The molecule has 0 amide bonds. The second-order valence-corrected chi connectivity index (χ2v) is 15.9. The Hall–Kier alpha value is -5.30. The van der Waals surface area contributed by atoms with Gasteiger partial charge in [-0.2, -0.15) is 0 Å². The Balaban J connectivity index is 1.25. The van der Waals surface area contributed by atoms with Crippen LogP contribution in [0.1, 0.15) is 11.1 Å². The number of furan rings is 2. The third kappa shape index (κ3) is 3.50. The van der Waals surface area contributed by atoms with Crippen LogP contribution in [0.4, 0.5) is 0 Å². The average molecular weight is 676 g/mol. The predicted molar refractivity (Wildman–Crippen MR) is 211 cm³/mol. The van der Waals surface area contributed by atoms with Gasteiger partial charge in [-0.05, 0) is 61.8 Å². The highest BCUT2D eigenvalue weighted by Crippen LogP contribution is 2.49. The van der Waals surface area contributed by atoms with E-state index in [0.29, 0.717) is 0 Å². The molecule has 2 aliphatic heterocycles. The molecule has 7 aromatic carbocycles. The third-order valence-corrected chi connectivity index (χ3v) is 13.1. The summed E-state index contributed by atoms with van der Waals surface area (Å²) in [4.78, 5) is 5.32. The zero-order valence-electron chi connectivity index (χ0n) is 27.2. The van der Waals surface area contributed by atoms with Gasteiger partial charge in [0.1, 0.15) is 22.3 Å². The standard InChI is InChI=1S/C44H26BNO2S2/c1-23-15-17-34-29(19-23)45-30-20-24(2)16-18-35(30)50-37-22-25(21-36(49-34)41(37)45)46-31-12-6-3-9-26(31)38-42(46)39-27-10-4-7-13-32(27)47-44(39)40-28-11-5-8-14-33(28)48-43(38)40/h3-22H,1-2H3. The molecule has 10 aromatic rings. The molecule has 0 bridgehead atoms. The van der Waals surface area contributed by atoms with E-state index >= 15 is 0 Å². The zero-order valence-corrected chi connectivity index (χ0v) is 28.8. The van der Waals surface area contributed by atoms with E-state index in [4.69, 9.17) is 8.83 Å². The van der Waals surface area contributed by atoms with Crippen LogP contribution in [-0.2, 0) is 0 Å². The number of fused-ring (bicyclic) bond motifs is 16. The van der Waals surface area contributed by atoms with Crippen molar-refractivity contribution in [3.8, 4) is 5.69 Å². The summed E-state index contributed by atoms with van der Waals surface area (Å²) in [6, 6.07) is 44.4. The van der Waals surface area contributed by atoms with Gasteiger partial charge >= 0.3 is 0 Å². The molecule has 0 N–H and O–H groups in total. The summed E-state index contributed by atoms with van der Waals surface area (Å²) in [5.41, 5.74) is 13.8. The number of hydrogen-bond acceptors (Lipinski definition) is 4. The molecular formula is C44H26BNO2S2. The van der Waals surface area contributed by atoms with Crippen LogP contribution in [0.25, 0.3) is 71.4 Å². The molecule has 0 aliphatic carbocycles. The molecule has 0 saturated carbocycles. The Morgan fingerprint density at radius 2 is 1.04 bits per heavy atom. The average Bonchev–Trinajstić information content (AvgIpc) is 3.81. The van der Waals surface area contributed by atoms with Gasteiger partial charge in [-0.15, -0.1) is 0 Å². The lowest BCUT2D eigenvalue weighted by Crippen LogP contribution is -2.58. The minimum absolute atomic E-state index is 0.208. The van der Waals surface area contributed by atoms with Gasteiger partial charge in [0, 0.05) is 41.4 Å². The van der Waals surface area contributed by atoms with Crippen LogP contribution < -0.4 is 16.4 Å². The minimum atomic E-state index is 0.208. The Morgan fingerprint density at radius 1 is 0.520 bits per heavy atom. The molecule has 0 spiro atoms. The van der Waals surface area contributed by atoms with E-state index in [1.807, 2.05) is 29.6 Å². The van der Waals surface area contributed by atoms with Gasteiger partial charge in [0.05, 0.1) is 27.2 Å². The van der Waals surface area contributed by atoms with E-state index in [2.05, 4.69) is 134 Å². The Kier molecular flexibility index (Phi) is 5.33. The van der Waals surface area contributed by atoms with Gasteiger partial charge < -0.3 is 13.4 Å². The summed E-state index contributed by atoms with van der Waals surface area (Å²) in [6.45, 7) is 4.63. The molecule has 0 unspecified atom stereocenters. The topological polar surface area (TPSA) is 31.2 Å². The molecule has 50 heavy (non-hydrogen) atoms. The highest BCUT2D eigenvalue weighted by Gasteiger charge is 2.39. The van der Waals surface area contributed by atoms with Crippen LogP contribution in [0.2, 0.25) is 0 Å². The summed E-state index contributed by atoms with van der Waals surface area (Å²) in [6.07, 6.45) is 0. The third-order valence-electron chi connectivity index (χ3n) is 10.8. The Morgan fingerprint density at radius 3 is 1.66 bits per heavy atom. The van der Waals surface area contributed by atoms with Gasteiger partial charge in [-0.3, -0.25) is 0 Å². The Labute approximate surface area is 295 Å². The van der Waals surface area contributed by atoms with Crippen molar-refractivity contribution in [1.82, 2.24) is 4.57 Å². The quantitative estimate of drug-likeness (QED) is 0.162. The maximum atomic E-state index is 6.80. The SMILES string of the molecule is Cc1ccc2c(c1)B1c3cc(C)ccc3Sc3cc(-n4c5ccccc5c5c6oc7ccccc7c6c6oc7ccccc7c6c54)cc(c31)S2. The smallest absolute Gasteiger partial charge is 0.247 e. The number of rotatable bonds is 1. The van der Waals surface area contributed by atoms with Crippen molar-refractivity contribution < 1.29 is 8.83 Å². The largest absolute Gasteiger partial charge is 0.455 e. The van der Waals surface area contributed by atoms with Crippen LogP contribution in [0.5, 0.6) is 0 Å². The lowest BCUT2D eigenvalue weighted by Gasteiger charge is -2.33. The first kappa shape index (κ1) is 27.5. The second kappa shape index (κ2) is 9.69. The normalized spacial score (nSPS) is 13.6. The summed E-state index contributed by atoms with van der Waals surface area (Å²) in [5, 5.41) is 6.64. The van der Waals surface area contributed by atoms with Crippen LogP contribution in [0.15, 0.2) is 150 Å². The summed E-state index contributed by atoms with van der Waals surface area (Å²) in [5.74, 6) is 0. The molecular weight excluding hydrogens is 649 g/mol. The molecule has 6 heteroatoms. The first-order chi connectivity index (χ1) is 24.6. The van der Waals surface area contributed by atoms with Crippen LogP contribution >= 0.6 is 23.5 Å². The molecule has 2 aliphatic rings. The number of aryl methyl sites for hydroxylation is 2. The fourth-order valence-corrected chi connectivity index (χ4v) is 11.2. The molecule has 0 atom stereocenters. The number of hydrogen-bond donors (Lipinski definition) is 0. The van der Waals surface area contributed by atoms with Crippen LogP contribution in [-0.4, -0.2) is 11.3 Å². The summed E-state index contributed by atoms with van der Waals surface area (Å²) >= 11 is 3.82. The van der Waals surface area contributed by atoms with Gasteiger partial charge in [-0.1, -0.05) is 124 Å². The van der Waals surface area contributed by atoms with E-state index in [9.17, 15) is 0 Å². The monoisotopic (exact) mass is 675 g/mol. The summed E-state index contributed by atoms with van der Waals surface area (Å²) < 4.78 is 16.1. The molecule has 3 aromatic heterocycles. The van der Waals surface area contributed by atoms with E-state index < -0.39 is 0 Å². The molecule has 234 valence electrons. The summed E-state index contributed by atoms with van der Waals surface area (Å²) in [7, 11) is 0. The fourth-order valence-electron chi connectivity index (χ4n) is 8.74. The van der Waals surface area contributed by atoms with E-state index in [-0.39, 0.29) is 6.71 Å². The number of para-hydroxylation sites is 3. The van der Waals surface area contributed by atoms with E-state index in [1.54, 1.807) is 0 Å².